The molecule has 1 N–H and O–H groups in total. The van der Waals surface area contributed by atoms with Gasteiger partial charge in [-0.25, -0.2) is 9.69 Å². The van der Waals surface area contributed by atoms with Crippen molar-refractivity contribution in [3.63, 3.8) is 0 Å². The average molecular weight is 423 g/mol. The minimum absolute atomic E-state index is 0.238. The van der Waals surface area contributed by atoms with Crippen molar-refractivity contribution in [3.05, 3.63) is 59.7 Å². The van der Waals surface area contributed by atoms with Crippen LogP contribution in [0.2, 0.25) is 0 Å². The van der Waals surface area contributed by atoms with E-state index in [0.29, 0.717) is 17.9 Å². The molecule has 4 amide bonds. The van der Waals surface area contributed by atoms with Crippen LogP contribution in [0.25, 0.3) is 6.08 Å². The number of aliphatic carboxylic acids is 1. The number of nitrogens with zero attached hydrogens (tertiary/aromatic N) is 1. The summed E-state index contributed by atoms with van der Waals surface area (Å²) >= 11 is 0. The first-order valence-corrected chi connectivity index (χ1v) is 9.42. The number of carbonyl (C=O) groups is 4. The van der Waals surface area contributed by atoms with Gasteiger partial charge in [-0.2, -0.15) is 0 Å². The molecule has 9 heteroatoms. The molecule has 31 heavy (non-hydrogen) atoms. The number of urea groups is 1. The van der Waals surface area contributed by atoms with E-state index in [4.69, 9.17) is 9.47 Å². The highest BCUT2D eigenvalue weighted by Crippen LogP contribution is 2.26. The van der Waals surface area contributed by atoms with Crippen molar-refractivity contribution in [2.24, 2.45) is 0 Å². The third kappa shape index (κ3) is 4.89. The van der Waals surface area contributed by atoms with Crippen molar-refractivity contribution in [2.45, 2.75) is 20.0 Å². The van der Waals surface area contributed by atoms with Crippen molar-refractivity contribution in [1.29, 1.82) is 0 Å². The number of rotatable bonds is 7. The molecule has 0 spiro atoms. The van der Waals surface area contributed by atoms with Crippen molar-refractivity contribution in [1.82, 2.24) is 5.32 Å². The molecule has 2 aromatic rings. The number of amides is 4. The summed E-state index contributed by atoms with van der Waals surface area (Å²) in [6, 6.07) is 11.6. The molecule has 2 aromatic carbocycles. The van der Waals surface area contributed by atoms with Gasteiger partial charge < -0.3 is 19.4 Å². The fraction of sp³-hybridized carbons (Fsp3) is 0.182. The van der Waals surface area contributed by atoms with E-state index in [2.05, 4.69) is 5.32 Å². The molecule has 1 saturated heterocycles. The van der Waals surface area contributed by atoms with E-state index in [9.17, 15) is 24.3 Å². The van der Waals surface area contributed by atoms with Crippen LogP contribution in [0.15, 0.2) is 54.1 Å². The first-order valence-electron chi connectivity index (χ1n) is 9.42. The van der Waals surface area contributed by atoms with Gasteiger partial charge in [0.2, 0.25) is 0 Å². The van der Waals surface area contributed by atoms with Gasteiger partial charge in [0.25, 0.3) is 11.8 Å². The molecule has 1 aliphatic heterocycles. The SMILES string of the molecule is CCOc1cccc(N2C(=O)NC(=O)/C(=C\c3ccc(O[C@@H](C)C(=O)[O-])cc3)C2=O)c1. The number of hydrogen-bond acceptors (Lipinski definition) is 7. The quantitative estimate of drug-likeness (QED) is 0.525. The van der Waals surface area contributed by atoms with Gasteiger partial charge in [0.15, 0.2) is 0 Å². The molecule has 1 atom stereocenters. The van der Waals surface area contributed by atoms with Crippen LogP contribution in [0.5, 0.6) is 11.5 Å². The third-order valence-corrected chi connectivity index (χ3v) is 4.32. The molecule has 1 heterocycles. The topological polar surface area (TPSA) is 125 Å². The van der Waals surface area contributed by atoms with Crippen LogP contribution in [0.1, 0.15) is 19.4 Å². The first kappa shape index (κ1) is 21.6. The number of anilines is 1. The molecule has 9 nitrogen and oxygen atoms in total. The zero-order chi connectivity index (χ0) is 22.5. The summed E-state index contributed by atoms with van der Waals surface area (Å²) < 4.78 is 10.6. The molecule has 0 unspecified atom stereocenters. The summed E-state index contributed by atoms with van der Waals surface area (Å²) in [5.74, 6) is -2.20. The number of carbonyl (C=O) groups excluding carboxylic acids is 4. The van der Waals surface area contributed by atoms with Crippen LogP contribution in [-0.2, 0) is 14.4 Å². The average Bonchev–Trinajstić information content (AvgIpc) is 2.72. The van der Waals surface area contributed by atoms with Crippen molar-refractivity contribution in [3.8, 4) is 11.5 Å². The predicted octanol–water partition coefficient (Wildman–Crippen LogP) is 1.27. The molecular weight excluding hydrogens is 404 g/mol. The molecule has 0 aromatic heterocycles. The van der Waals surface area contributed by atoms with E-state index in [-0.39, 0.29) is 17.0 Å². The zero-order valence-corrected chi connectivity index (χ0v) is 16.8. The highest BCUT2D eigenvalue weighted by molar-refractivity contribution is 6.39. The largest absolute Gasteiger partial charge is 0.546 e. The Morgan fingerprint density at radius 2 is 1.84 bits per heavy atom. The minimum Gasteiger partial charge on any atom is -0.546 e. The maximum atomic E-state index is 12.9. The lowest BCUT2D eigenvalue weighted by Gasteiger charge is -2.26. The Hall–Kier alpha value is -4.14. The Labute approximate surface area is 177 Å². The van der Waals surface area contributed by atoms with Gasteiger partial charge in [0, 0.05) is 6.07 Å². The van der Waals surface area contributed by atoms with Crippen LogP contribution in [-0.4, -0.2) is 36.5 Å². The Bertz CT molecular complexity index is 1060. The van der Waals surface area contributed by atoms with Crippen LogP contribution in [0.3, 0.4) is 0 Å². The van der Waals surface area contributed by atoms with Gasteiger partial charge >= 0.3 is 6.03 Å². The van der Waals surface area contributed by atoms with E-state index < -0.39 is 29.9 Å². The van der Waals surface area contributed by atoms with E-state index in [1.807, 2.05) is 0 Å². The Balaban J connectivity index is 1.87. The van der Waals surface area contributed by atoms with E-state index in [0.717, 1.165) is 4.90 Å². The highest BCUT2D eigenvalue weighted by Gasteiger charge is 2.36. The zero-order valence-electron chi connectivity index (χ0n) is 16.8. The van der Waals surface area contributed by atoms with Crippen molar-refractivity contribution in [2.75, 3.05) is 11.5 Å². The van der Waals surface area contributed by atoms with E-state index in [1.165, 1.54) is 31.2 Å². The summed E-state index contributed by atoms with van der Waals surface area (Å²) in [7, 11) is 0. The van der Waals surface area contributed by atoms with Gasteiger partial charge in [-0.05, 0) is 49.8 Å². The second-order valence-electron chi connectivity index (χ2n) is 6.54. The summed E-state index contributed by atoms with van der Waals surface area (Å²) in [5, 5.41) is 12.9. The molecule has 0 saturated carbocycles. The van der Waals surface area contributed by atoms with E-state index in [1.54, 1.807) is 37.3 Å². The number of hydrogen-bond donors (Lipinski definition) is 1. The molecule has 3 rings (SSSR count). The number of benzene rings is 2. The Kier molecular flexibility index (Phi) is 6.35. The van der Waals surface area contributed by atoms with Gasteiger partial charge in [0.05, 0.1) is 18.3 Å². The van der Waals surface area contributed by atoms with Crippen LogP contribution in [0.4, 0.5) is 10.5 Å². The lowest BCUT2D eigenvalue weighted by molar-refractivity contribution is -0.312. The minimum atomic E-state index is -1.35. The van der Waals surface area contributed by atoms with Crippen molar-refractivity contribution < 1.29 is 33.8 Å². The number of carboxylic acids is 1. The summed E-state index contributed by atoms with van der Waals surface area (Å²) in [4.78, 5) is 49.2. The lowest BCUT2D eigenvalue weighted by atomic mass is 10.1. The molecule has 0 aliphatic carbocycles. The monoisotopic (exact) mass is 423 g/mol. The number of ether oxygens (including phenoxy) is 2. The second kappa shape index (κ2) is 9.12. The number of imide groups is 2. The molecule has 160 valence electrons. The smallest absolute Gasteiger partial charge is 0.335 e. The van der Waals surface area contributed by atoms with Crippen LogP contribution < -0.4 is 24.8 Å². The fourth-order valence-corrected chi connectivity index (χ4v) is 2.83. The number of barbiturate groups is 1. The van der Waals surface area contributed by atoms with Gasteiger partial charge in [-0.15, -0.1) is 0 Å². The Morgan fingerprint density at radius 1 is 1.13 bits per heavy atom. The van der Waals surface area contributed by atoms with Crippen molar-refractivity contribution >= 4 is 35.6 Å². The molecule has 1 fully saturated rings. The first-order chi connectivity index (χ1) is 14.8. The molecular formula is C22H19N2O7-. The Morgan fingerprint density at radius 3 is 2.48 bits per heavy atom. The van der Waals surface area contributed by atoms with Gasteiger partial charge in [-0.1, -0.05) is 18.2 Å². The van der Waals surface area contributed by atoms with Crippen LogP contribution >= 0.6 is 0 Å². The van der Waals surface area contributed by atoms with Gasteiger partial charge in [-0.3, -0.25) is 14.9 Å². The normalized spacial score (nSPS) is 16.1. The van der Waals surface area contributed by atoms with E-state index >= 15 is 0 Å². The summed E-state index contributed by atoms with van der Waals surface area (Å²) in [6.45, 7) is 3.55. The van der Waals surface area contributed by atoms with Crippen LogP contribution in [0, 0.1) is 0 Å². The summed E-state index contributed by atoms with van der Waals surface area (Å²) in [5.41, 5.74) is 0.495. The molecule has 0 radical (unpaired) electrons. The number of carboxylic acid groups (broad SMARTS) is 1. The maximum Gasteiger partial charge on any atom is 0.335 e. The molecule has 1 aliphatic rings. The second-order valence-corrected chi connectivity index (χ2v) is 6.54. The summed E-state index contributed by atoms with van der Waals surface area (Å²) in [6.07, 6.45) is 0.192. The maximum absolute atomic E-state index is 12.9. The number of nitrogens with one attached hydrogen (secondary N) is 1. The molecule has 0 bridgehead atoms. The van der Waals surface area contributed by atoms with Gasteiger partial charge in [0.1, 0.15) is 23.2 Å². The predicted molar refractivity (Wildman–Crippen MR) is 108 cm³/mol. The standard InChI is InChI=1S/C22H20N2O7/c1-3-30-17-6-4-5-15(12-17)24-20(26)18(19(25)23-22(24)29)11-14-7-9-16(10-8-14)31-13(2)21(27)28/h4-13H,3H2,1-2H3,(H,27,28)(H,23,25,29)/p-1/b18-11+/t13-/m0/s1. The highest BCUT2D eigenvalue weighted by atomic mass is 16.5. The third-order valence-electron chi connectivity index (χ3n) is 4.32. The fourth-order valence-electron chi connectivity index (χ4n) is 2.83. The lowest BCUT2D eigenvalue weighted by Crippen LogP contribution is -2.54.